The standard InChI is InChI=1S/C17H29N3O/c1-13-9-10-20(12-17(13)21-4)16(11-18)14-5-7-15(8-6-14)19(2)3/h5-8,13,16-17H,9-12,18H2,1-4H3. The number of ether oxygens (including phenoxy) is 1. The number of anilines is 1. The molecule has 0 aromatic heterocycles. The SMILES string of the molecule is COC1CN(C(CN)c2ccc(N(C)C)cc2)CCC1C. The molecule has 2 N–H and O–H groups in total. The van der Waals surface area contributed by atoms with Crippen LogP contribution in [0.15, 0.2) is 24.3 Å². The Kier molecular flexibility index (Phi) is 5.62. The van der Waals surface area contributed by atoms with Gasteiger partial charge in [0.1, 0.15) is 0 Å². The number of piperidine rings is 1. The molecule has 3 unspecified atom stereocenters. The average molecular weight is 291 g/mol. The molecule has 0 bridgehead atoms. The van der Waals surface area contributed by atoms with Crippen molar-refractivity contribution in [3.05, 3.63) is 29.8 Å². The van der Waals surface area contributed by atoms with Gasteiger partial charge < -0.3 is 15.4 Å². The lowest BCUT2D eigenvalue weighted by atomic mass is 9.93. The summed E-state index contributed by atoms with van der Waals surface area (Å²) in [6.07, 6.45) is 1.49. The number of hydrogen-bond acceptors (Lipinski definition) is 4. The number of nitrogens with two attached hydrogens (primary N) is 1. The third-order valence-corrected chi connectivity index (χ3v) is 4.68. The lowest BCUT2D eigenvalue weighted by molar-refractivity contribution is -0.0183. The van der Waals surface area contributed by atoms with E-state index in [1.54, 1.807) is 0 Å². The summed E-state index contributed by atoms with van der Waals surface area (Å²) in [6.45, 7) is 4.98. The summed E-state index contributed by atoms with van der Waals surface area (Å²) in [7, 11) is 5.93. The van der Waals surface area contributed by atoms with Crippen molar-refractivity contribution in [2.75, 3.05) is 45.7 Å². The molecule has 1 aromatic rings. The maximum atomic E-state index is 6.06. The normalized spacial score (nSPS) is 24.8. The molecule has 2 rings (SSSR count). The van der Waals surface area contributed by atoms with Gasteiger partial charge in [-0.05, 0) is 36.6 Å². The van der Waals surface area contributed by atoms with Gasteiger partial charge in [0.05, 0.1) is 6.10 Å². The Bertz CT molecular complexity index is 432. The van der Waals surface area contributed by atoms with E-state index in [2.05, 4.69) is 55.1 Å². The van der Waals surface area contributed by atoms with E-state index in [0.717, 1.165) is 13.1 Å². The van der Waals surface area contributed by atoms with Crippen LogP contribution < -0.4 is 10.6 Å². The largest absolute Gasteiger partial charge is 0.380 e. The molecule has 1 fully saturated rings. The fraction of sp³-hybridized carbons (Fsp3) is 0.647. The maximum absolute atomic E-state index is 6.06. The highest BCUT2D eigenvalue weighted by Crippen LogP contribution is 2.28. The van der Waals surface area contributed by atoms with Crippen LogP contribution in [0, 0.1) is 5.92 Å². The minimum absolute atomic E-state index is 0.284. The first-order chi connectivity index (χ1) is 10.1. The van der Waals surface area contributed by atoms with Crippen LogP contribution in [-0.2, 0) is 4.74 Å². The first-order valence-corrected chi connectivity index (χ1v) is 7.81. The van der Waals surface area contributed by atoms with E-state index in [9.17, 15) is 0 Å². The van der Waals surface area contributed by atoms with Crippen LogP contribution in [0.3, 0.4) is 0 Å². The molecule has 1 aliphatic heterocycles. The average Bonchev–Trinajstić information content (AvgIpc) is 2.50. The van der Waals surface area contributed by atoms with E-state index >= 15 is 0 Å². The third-order valence-electron chi connectivity index (χ3n) is 4.68. The summed E-state index contributed by atoms with van der Waals surface area (Å²) in [4.78, 5) is 4.59. The van der Waals surface area contributed by atoms with Gasteiger partial charge >= 0.3 is 0 Å². The van der Waals surface area contributed by atoms with Crippen LogP contribution in [0.1, 0.15) is 24.9 Å². The van der Waals surface area contributed by atoms with Crippen LogP contribution in [0.2, 0.25) is 0 Å². The molecule has 1 aliphatic rings. The zero-order valence-electron chi connectivity index (χ0n) is 13.7. The first kappa shape index (κ1) is 16.3. The van der Waals surface area contributed by atoms with E-state index in [0.29, 0.717) is 18.6 Å². The first-order valence-electron chi connectivity index (χ1n) is 7.81. The second-order valence-electron chi connectivity index (χ2n) is 6.27. The van der Waals surface area contributed by atoms with Crippen LogP contribution >= 0.6 is 0 Å². The number of methoxy groups -OCH3 is 1. The van der Waals surface area contributed by atoms with Gasteiger partial charge in [-0.3, -0.25) is 4.90 Å². The minimum atomic E-state index is 0.284. The van der Waals surface area contributed by atoms with E-state index in [1.165, 1.54) is 17.7 Å². The number of nitrogens with zero attached hydrogens (tertiary/aromatic N) is 2. The molecule has 4 heteroatoms. The zero-order valence-corrected chi connectivity index (χ0v) is 13.7. The summed E-state index contributed by atoms with van der Waals surface area (Å²) in [6, 6.07) is 9.02. The number of rotatable bonds is 5. The van der Waals surface area contributed by atoms with Gasteiger partial charge in [-0.15, -0.1) is 0 Å². The zero-order chi connectivity index (χ0) is 15.4. The Morgan fingerprint density at radius 3 is 2.52 bits per heavy atom. The molecule has 1 saturated heterocycles. The highest BCUT2D eigenvalue weighted by atomic mass is 16.5. The van der Waals surface area contributed by atoms with Gasteiger partial charge in [0.15, 0.2) is 0 Å². The van der Waals surface area contributed by atoms with Crippen molar-refractivity contribution in [3.63, 3.8) is 0 Å². The van der Waals surface area contributed by atoms with Crippen molar-refractivity contribution < 1.29 is 4.74 Å². The number of hydrogen-bond donors (Lipinski definition) is 1. The van der Waals surface area contributed by atoms with Crippen LogP contribution in [0.25, 0.3) is 0 Å². The Balaban J connectivity index is 2.11. The number of benzene rings is 1. The fourth-order valence-corrected chi connectivity index (χ4v) is 3.14. The van der Waals surface area contributed by atoms with E-state index < -0.39 is 0 Å². The van der Waals surface area contributed by atoms with Crippen molar-refractivity contribution in [3.8, 4) is 0 Å². The summed E-state index contributed by atoms with van der Waals surface area (Å²) in [5, 5.41) is 0. The lowest BCUT2D eigenvalue weighted by Crippen LogP contribution is -2.47. The quantitative estimate of drug-likeness (QED) is 0.902. The maximum Gasteiger partial charge on any atom is 0.0724 e. The monoisotopic (exact) mass is 291 g/mol. The van der Waals surface area contributed by atoms with Gasteiger partial charge in [-0.1, -0.05) is 19.1 Å². The van der Waals surface area contributed by atoms with Gasteiger partial charge in [-0.2, -0.15) is 0 Å². The molecule has 1 aromatic carbocycles. The van der Waals surface area contributed by atoms with Gasteiger partial charge in [0.25, 0.3) is 0 Å². The minimum Gasteiger partial charge on any atom is -0.380 e. The highest BCUT2D eigenvalue weighted by molar-refractivity contribution is 5.46. The summed E-state index contributed by atoms with van der Waals surface area (Å²) in [5.74, 6) is 0.626. The van der Waals surface area contributed by atoms with E-state index in [-0.39, 0.29) is 6.04 Å². The Morgan fingerprint density at radius 2 is 2.00 bits per heavy atom. The molecule has 0 radical (unpaired) electrons. The van der Waals surface area contributed by atoms with Crippen LogP contribution in [0.5, 0.6) is 0 Å². The van der Waals surface area contributed by atoms with Gasteiger partial charge in [-0.25, -0.2) is 0 Å². The topological polar surface area (TPSA) is 41.7 Å². The Hall–Kier alpha value is -1.10. The van der Waals surface area contributed by atoms with E-state index in [1.807, 2.05) is 7.11 Å². The van der Waals surface area contributed by atoms with Crippen LogP contribution in [-0.4, -0.2) is 51.8 Å². The molecule has 0 saturated carbocycles. The molecule has 0 amide bonds. The molecular formula is C17H29N3O. The highest BCUT2D eigenvalue weighted by Gasteiger charge is 2.30. The van der Waals surface area contributed by atoms with Crippen molar-refractivity contribution in [2.24, 2.45) is 11.7 Å². The van der Waals surface area contributed by atoms with Crippen molar-refractivity contribution in [1.82, 2.24) is 4.90 Å². The van der Waals surface area contributed by atoms with Crippen LogP contribution in [0.4, 0.5) is 5.69 Å². The summed E-state index contributed by atoms with van der Waals surface area (Å²) in [5.41, 5.74) is 8.58. The lowest BCUT2D eigenvalue weighted by Gasteiger charge is -2.40. The number of likely N-dealkylation sites (tertiary alicyclic amines) is 1. The second kappa shape index (κ2) is 7.25. The molecule has 0 aliphatic carbocycles. The Labute approximate surface area is 128 Å². The third kappa shape index (κ3) is 3.76. The van der Waals surface area contributed by atoms with Crippen molar-refractivity contribution >= 4 is 5.69 Å². The van der Waals surface area contributed by atoms with E-state index in [4.69, 9.17) is 10.5 Å². The summed E-state index contributed by atoms with van der Waals surface area (Å²) >= 11 is 0. The fourth-order valence-electron chi connectivity index (χ4n) is 3.14. The molecule has 3 atom stereocenters. The van der Waals surface area contributed by atoms with Crippen molar-refractivity contribution in [1.29, 1.82) is 0 Å². The molecule has 1 heterocycles. The predicted octanol–water partition coefficient (Wildman–Crippen LogP) is 2.11. The van der Waals surface area contributed by atoms with Gasteiger partial charge in [0.2, 0.25) is 0 Å². The van der Waals surface area contributed by atoms with Gasteiger partial charge in [0, 0.05) is 46.0 Å². The summed E-state index contributed by atoms with van der Waals surface area (Å²) < 4.78 is 5.63. The molecule has 118 valence electrons. The Morgan fingerprint density at radius 1 is 1.33 bits per heavy atom. The molecule has 21 heavy (non-hydrogen) atoms. The second-order valence-corrected chi connectivity index (χ2v) is 6.27. The molecule has 4 nitrogen and oxygen atoms in total. The van der Waals surface area contributed by atoms with Crippen molar-refractivity contribution in [2.45, 2.75) is 25.5 Å². The molecular weight excluding hydrogens is 262 g/mol. The smallest absolute Gasteiger partial charge is 0.0724 e. The molecule has 0 spiro atoms. The predicted molar refractivity (Wildman–Crippen MR) is 88.7 cm³/mol.